The minimum Gasteiger partial charge on any atom is -0.497 e. The van der Waals surface area contributed by atoms with E-state index in [-0.39, 0.29) is 11.7 Å². The molecule has 1 heterocycles. The number of nitrogens with zero attached hydrogens (tertiary/aromatic N) is 2. The van der Waals surface area contributed by atoms with Crippen LogP contribution in [0, 0.1) is 6.92 Å². The molecule has 1 N–H and O–H groups in total. The summed E-state index contributed by atoms with van der Waals surface area (Å²) in [6, 6.07) is 16.8. The molecule has 0 bridgehead atoms. The molecule has 0 fully saturated rings. The van der Waals surface area contributed by atoms with Crippen LogP contribution in [-0.4, -0.2) is 29.0 Å². The monoisotopic (exact) mass is 399 g/mol. The lowest BCUT2D eigenvalue weighted by atomic mass is 10.1. The number of carbonyl (C=O) groups is 1. The molecule has 138 valence electrons. The minimum absolute atomic E-state index is 0.124. The zero-order valence-electron chi connectivity index (χ0n) is 14.9. The fraction of sp³-hybridized carbons (Fsp3) is 0.150. The first-order valence-corrected chi connectivity index (χ1v) is 9.58. The van der Waals surface area contributed by atoms with Crippen molar-refractivity contribution in [3.63, 3.8) is 0 Å². The third-order valence-corrected chi connectivity index (χ3v) is 5.16. The molecule has 0 aliphatic carbocycles. The number of nitrogens with one attached hydrogen (secondary N) is 1. The number of aryl methyl sites for hydroxylation is 1. The molecular formula is C20H18ClN3O2S. The van der Waals surface area contributed by atoms with E-state index < -0.39 is 0 Å². The SMILES string of the molecule is COc1ccc(-c2ccc(SCC(=O)Nc3ccc(C)c(Cl)c3)nn2)cc1. The molecule has 0 aliphatic heterocycles. The Morgan fingerprint density at radius 2 is 1.89 bits per heavy atom. The Labute approximate surface area is 167 Å². The highest BCUT2D eigenvalue weighted by atomic mass is 35.5. The van der Waals surface area contributed by atoms with Gasteiger partial charge in [-0.1, -0.05) is 29.4 Å². The van der Waals surface area contributed by atoms with Crippen molar-refractivity contribution >= 4 is 35.0 Å². The van der Waals surface area contributed by atoms with Crippen LogP contribution in [0.2, 0.25) is 5.02 Å². The van der Waals surface area contributed by atoms with Crippen LogP contribution in [0.25, 0.3) is 11.3 Å². The second-order valence-electron chi connectivity index (χ2n) is 5.79. The topological polar surface area (TPSA) is 64.1 Å². The minimum atomic E-state index is -0.124. The van der Waals surface area contributed by atoms with Gasteiger partial charge in [-0.25, -0.2) is 0 Å². The van der Waals surface area contributed by atoms with Gasteiger partial charge in [0.05, 0.1) is 18.6 Å². The van der Waals surface area contributed by atoms with Gasteiger partial charge in [-0.15, -0.1) is 10.2 Å². The lowest BCUT2D eigenvalue weighted by Crippen LogP contribution is -2.14. The number of rotatable bonds is 6. The summed E-state index contributed by atoms with van der Waals surface area (Å²) in [5.74, 6) is 0.905. The van der Waals surface area contributed by atoms with E-state index in [4.69, 9.17) is 16.3 Å². The van der Waals surface area contributed by atoms with E-state index in [0.717, 1.165) is 22.6 Å². The molecule has 0 saturated heterocycles. The molecule has 3 rings (SSSR count). The van der Waals surface area contributed by atoms with Crippen LogP contribution in [-0.2, 0) is 4.79 Å². The Bertz CT molecular complexity index is 931. The van der Waals surface area contributed by atoms with Crippen LogP contribution < -0.4 is 10.1 Å². The number of aromatic nitrogens is 2. The zero-order chi connectivity index (χ0) is 19.2. The van der Waals surface area contributed by atoms with Crippen LogP contribution >= 0.6 is 23.4 Å². The van der Waals surface area contributed by atoms with Gasteiger partial charge >= 0.3 is 0 Å². The molecule has 2 aromatic carbocycles. The van der Waals surface area contributed by atoms with Gasteiger partial charge in [0.1, 0.15) is 10.8 Å². The average Bonchev–Trinajstić information content (AvgIpc) is 2.70. The second-order valence-corrected chi connectivity index (χ2v) is 7.19. The van der Waals surface area contributed by atoms with Crippen molar-refractivity contribution in [3.05, 3.63) is 65.2 Å². The summed E-state index contributed by atoms with van der Waals surface area (Å²) in [5, 5.41) is 12.5. The largest absolute Gasteiger partial charge is 0.497 e. The molecule has 5 nitrogen and oxygen atoms in total. The predicted molar refractivity (Wildman–Crippen MR) is 110 cm³/mol. The van der Waals surface area contributed by atoms with Crippen molar-refractivity contribution in [2.45, 2.75) is 11.9 Å². The van der Waals surface area contributed by atoms with Crippen LogP contribution in [0.15, 0.2) is 59.6 Å². The Hall–Kier alpha value is -2.57. The number of anilines is 1. The summed E-state index contributed by atoms with van der Waals surface area (Å²) in [6.07, 6.45) is 0. The maximum Gasteiger partial charge on any atom is 0.234 e. The number of hydrogen-bond acceptors (Lipinski definition) is 5. The molecule has 0 aliphatic rings. The van der Waals surface area contributed by atoms with E-state index in [1.54, 1.807) is 13.2 Å². The van der Waals surface area contributed by atoms with Crippen molar-refractivity contribution in [2.75, 3.05) is 18.2 Å². The van der Waals surface area contributed by atoms with Gasteiger partial charge in [0.15, 0.2) is 0 Å². The summed E-state index contributed by atoms with van der Waals surface area (Å²) in [5.41, 5.74) is 3.36. The molecule has 27 heavy (non-hydrogen) atoms. The van der Waals surface area contributed by atoms with Gasteiger partial charge in [-0.2, -0.15) is 0 Å². The van der Waals surface area contributed by atoms with Crippen molar-refractivity contribution in [2.24, 2.45) is 0 Å². The third kappa shape index (κ3) is 5.21. The highest BCUT2D eigenvalue weighted by molar-refractivity contribution is 7.99. The van der Waals surface area contributed by atoms with Gasteiger partial charge in [0.25, 0.3) is 0 Å². The summed E-state index contributed by atoms with van der Waals surface area (Å²) >= 11 is 7.40. The Kier molecular flexibility index (Phi) is 6.32. The molecule has 7 heteroatoms. The van der Waals surface area contributed by atoms with E-state index in [1.807, 2.05) is 55.5 Å². The first-order valence-electron chi connectivity index (χ1n) is 8.22. The fourth-order valence-corrected chi connectivity index (χ4v) is 3.11. The molecule has 0 radical (unpaired) electrons. The number of amides is 1. The number of methoxy groups -OCH3 is 1. The first kappa shape index (κ1) is 19.2. The predicted octanol–water partition coefficient (Wildman–Crippen LogP) is 4.84. The third-order valence-electron chi connectivity index (χ3n) is 3.83. The molecular weight excluding hydrogens is 382 g/mol. The van der Waals surface area contributed by atoms with E-state index in [0.29, 0.717) is 15.7 Å². The van der Waals surface area contributed by atoms with Crippen LogP contribution in [0.1, 0.15) is 5.56 Å². The maximum atomic E-state index is 12.1. The van der Waals surface area contributed by atoms with Crippen molar-refractivity contribution in [1.82, 2.24) is 10.2 Å². The normalized spacial score (nSPS) is 10.5. The number of carbonyl (C=O) groups excluding carboxylic acids is 1. The standard InChI is InChI=1S/C20H18ClN3O2S/c1-13-3-6-15(11-17(13)21)22-19(25)12-27-20-10-9-18(23-24-20)14-4-7-16(26-2)8-5-14/h3-11H,12H2,1-2H3,(H,22,25). The van der Waals surface area contributed by atoms with Gasteiger partial charge < -0.3 is 10.1 Å². The summed E-state index contributed by atoms with van der Waals surface area (Å²) < 4.78 is 5.15. The second kappa shape index (κ2) is 8.88. The smallest absolute Gasteiger partial charge is 0.234 e. The van der Waals surface area contributed by atoms with Gasteiger partial charge in [0, 0.05) is 16.3 Å². The Morgan fingerprint density at radius 3 is 2.52 bits per heavy atom. The molecule has 0 saturated carbocycles. The lowest BCUT2D eigenvalue weighted by molar-refractivity contribution is -0.113. The molecule has 0 unspecified atom stereocenters. The number of halogens is 1. The number of benzene rings is 2. The van der Waals surface area contributed by atoms with Crippen LogP contribution in [0.4, 0.5) is 5.69 Å². The molecule has 1 amide bonds. The Morgan fingerprint density at radius 1 is 1.11 bits per heavy atom. The summed E-state index contributed by atoms with van der Waals surface area (Å²) in [4.78, 5) is 12.1. The Balaban J connectivity index is 1.56. The molecule has 3 aromatic rings. The first-order chi connectivity index (χ1) is 13.0. The van der Waals surface area contributed by atoms with Crippen molar-refractivity contribution < 1.29 is 9.53 Å². The highest BCUT2D eigenvalue weighted by Gasteiger charge is 2.07. The zero-order valence-corrected chi connectivity index (χ0v) is 16.5. The van der Waals surface area contributed by atoms with Gasteiger partial charge in [0.2, 0.25) is 5.91 Å². The summed E-state index contributed by atoms with van der Waals surface area (Å²) in [6.45, 7) is 1.91. The molecule has 0 spiro atoms. The van der Waals surface area contributed by atoms with Gasteiger partial charge in [-0.05, 0) is 61.0 Å². The van der Waals surface area contributed by atoms with Crippen LogP contribution in [0.5, 0.6) is 5.75 Å². The van der Waals surface area contributed by atoms with E-state index in [2.05, 4.69) is 15.5 Å². The van der Waals surface area contributed by atoms with Crippen molar-refractivity contribution in [3.8, 4) is 17.0 Å². The fourth-order valence-electron chi connectivity index (χ4n) is 2.32. The summed E-state index contributed by atoms with van der Waals surface area (Å²) in [7, 11) is 1.63. The van der Waals surface area contributed by atoms with Crippen LogP contribution in [0.3, 0.4) is 0 Å². The molecule has 0 atom stereocenters. The van der Waals surface area contributed by atoms with E-state index in [9.17, 15) is 4.79 Å². The van der Waals surface area contributed by atoms with Crippen molar-refractivity contribution in [1.29, 1.82) is 0 Å². The highest BCUT2D eigenvalue weighted by Crippen LogP contribution is 2.23. The number of hydrogen-bond donors (Lipinski definition) is 1. The lowest BCUT2D eigenvalue weighted by Gasteiger charge is -2.07. The van der Waals surface area contributed by atoms with Gasteiger partial charge in [-0.3, -0.25) is 4.79 Å². The maximum absolute atomic E-state index is 12.1. The quantitative estimate of drug-likeness (QED) is 0.600. The number of ether oxygens (including phenoxy) is 1. The van der Waals surface area contributed by atoms with E-state index in [1.165, 1.54) is 11.8 Å². The van der Waals surface area contributed by atoms with E-state index >= 15 is 0 Å². The average molecular weight is 400 g/mol. The number of thioether (sulfide) groups is 1. The molecule has 1 aromatic heterocycles.